The number of fused-ring (bicyclic) bond motifs is 2. The van der Waals surface area contributed by atoms with Crippen molar-refractivity contribution in [2.75, 3.05) is 42.5 Å². The third-order valence-electron chi connectivity index (χ3n) is 7.60. The summed E-state index contributed by atoms with van der Waals surface area (Å²) in [7, 11) is -3.45. The van der Waals surface area contributed by atoms with Gasteiger partial charge in [-0.05, 0) is 74.1 Å². The van der Waals surface area contributed by atoms with Crippen molar-refractivity contribution in [3.63, 3.8) is 0 Å². The van der Waals surface area contributed by atoms with Crippen molar-refractivity contribution < 1.29 is 13.2 Å². The molecule has 0 N–H and O–H groups in total. The van der Waals surface area contributed by atoms with Gasteiger partial charge in [-0.25, -0.2) is 13.4 Å². The number of para-hydroxylation sites is 1. The molecule has 1 amide bonds. The Morgan fingerprint density at radius 2 is 1.74 bits per heavy atom. The molecule has 0 bridgehead atoms. The zero-order valence-electron chi connectivity index (χ0n) is 19.8. The summed E-state index contributed by atoms with van der Waals surface area (Å²) in [4.78, 5) is 22.7. The zero-order chi connectivity index (χ0) is 24.0. The standard InChI is InChI=1S/C27H30N4O3S/c32-27(31-17-13-20-6-1-2-8-25(20)31)22-7-5-14-29(19-22)26-12-9-21-18-23(10-11-24(21)28-26)35(33,34)30-15-3-4-16-30/h1-2,6,8-12,18,22H,3-5,7,13-17,19H2/t22-/m1/s1. The largest absolute Gasteiger partial charge is 0.356 e. The van der Waals surface area contributed by atoms with Crippen molar-refractivity contribution in [3.8, 4) is 0 Å². The molecular weight excluding hydrogens is 460 g/mol. The van der Waals surface area contributed by atoms with E-state index < -0.39 is 10.0 Å². The van der Waals surface area contributed by atoms with Crippen molar-refractivity contribution in [1.29, 1.82) is 0 Å². The molecule has 0 spiro atoms. The molecule has 0 aliphatic carbocycles. The minimum Gasteiger partial charge on any atom is -0.356 e. The molecular formula is C27H30N4O3S. The Kier molecular flexibility index (Phi) is 5.73. The van der Waals surface area contributed by atoms with Gasteiger partial charge in [0.2, 0.25) is 15.9 Å². The number of sulfonamides is 1. The molecule has 4 heterocycles. The third-order valence-corrected chi connectivity index (χ3v) is 9.49. The maximum Gasteiger partial charge on any atom is 0.243 e. The molecule has 1 atom stereocenters. The summed E-state index contributed by atoms with van der Waals surface area (Å²) in [6, 6.07) is 17.3. The topological polar surface area (TPSA) is 73.8 Å². The second-order valence-electron chi connectivity index (χ2n) is 9.79. The number of benzene rings is 2. The van der Waals surface area contributed by atoms with Crippen LogP contribution >= 0.6 is 0 Å². The fourth-order valence-electron chi connectivity index (χ4n) is 5.68. The van der Waals surface area contributed by atoms with Gasteiger partial charge in [0.15, 0.2) is 0 Å². The van der Waals surface area contributed by atoms with Crippen LogP contribution in [0.4, 0.5) is 11.5 Å². The summed E-state index contributed by atoms with van der Waals surface area (Å²) in [6.07, 6.45) is 4.58. The lowest BCUT2D eigenvalue weighted by atomic mass is 9.96. The van der Waals surface area contributed by atoms with E-state index in [1.54, 1.807) is 22.5 Å². The Morgan fingerprint density at radius 3 is 2.60 bits per heavy atom. The van der Waals surface area contributed by atoms with E-state index in [0.29, 0.717) is 24.5 Å². The number of piperidine rings is 1. The van der Waals surface area contributed by atoms with E-state index in [1.807, 2.05) is 35.2 Å². The van der Waals surface area contributed by atoms with Crippen LogP contribution in [0, 0.1) is 5.92 Å². The average molecular weight is 491 g/mol. The third kappa shape index (κ3) is 4.08. The van der Waals surface area contributed by atoms with Crippen LogP contribution in [0.3, 0.4) is 0 Å². The molecule has 2 aromatic carbocycles. The van der Waals surface area contributed by atoms with Crippen molar-refractivity contribution in [2.24, 2.45) is 5.92 Å². The predicted molar refractivity (Wildman–Crippen MR) is 137 cm³/mol. The van der Waals surface area contributed by atoms with Gasteiger partial charge in [-0.15, -0.1) is 0 Å². The predicted octanol–water partition coefficient (Wildman–Crippen LogP) is 3.83. The maximum absolute atomic E-state index is 13.4. The highest BCUT2D eigenvalue weighted by Crippen LogP contribution is 2.32. The molecule has 3 aromatic rings. The van der Waals surface area contributed by atoms with Gasteiger partial charge in [-0.2, -0.15) is 4.31 Å². The Morgan fingerprint density at radius 1 is 0.914 bits per heavy atom. The minimum atomic E-state index is -3.45. The molecule has 0 radical (unpaired) electrons. The number of rotatable bonds is 4. The molecule has 7 nitrogen and oxygen atoms in total. The summed E-state index contributed by atoms with van der Waals surface area (Å²) in [5.41, 5.74) is 3.07. The van der Waals surface area contributed by atoms with Crippen molar-refractivity contribution >= 4 is 38.3 Å². The molecule has 35 heavy (non-hydrogen) atoms. The van der Waals surface area contributed by atoms with Crippen molar-refractivity contribution in [1.82, 2.24) is 9.29 Å². The Labute approximate surface area is 206 Å². The quantitative estimate of drug-likeness (QED) is 0.556. The number of carbonyl (C=O) groups excluding carboxylic acids is 1. The van der Waals surface area contributed by atoms with Crippen LogP contribution in [-0.4, -0.2) is 56.3 Å². The van der Waals surface area contributed by atoms with Gasteiger partial charge in [0, 0.05) is 43.8 Å². The molecule has 2 fully saturated rings. The number of hydrogen-bond acceptors (Lipinski definition) is 5. The summed E-state index contributed by atoms with van der Waals surface area (Å²) in [5, 5.41) is 0.812. The molecule has 0 unspecified atom stereocenters. The van der Waals surface area contributed by atoms with Crippen molar-refractivity contribution in [2.45, 2.75) is 37.0 Å². The molecule has 2 saturated heterocycles. The van der Waals surface area contributed by atoms with Gasteiger partial charge in [0.1, 0.15) is 5.82 Å². The van der Waals surface area contributed by atoms with Gasteiger partial charge in [-0.1, -0.05) is 18.2 Å². The highest BCUT2D eigenvalue weighted by Gasteiger charge is 2.33. The number of nitrogens with zero attached hydrogens (tertiary/aromatic N) is 4. The molecule has 3 aliphatic heterocycles. The number of carbonyl (C=O) groups is 1. The van der Waals surface area contributed by atoms with Gasteiger partial charge in [0.25, 0.3) is 0 Å². The molecule has 3 aliphatic rings. The summed E-state index contributed by atoms with van der Waals surface area (Å²) in [5.74, 6) is 0.990. The van der Waals surface area contributed by atoms with Gasteiger partial charge < -0.3 is 9.80 Å². The first-order valence-electron chi connectivity index (χ1n) is 12.6. The number of amides is 1. The second-order valence-corrected chi connectivity index (χ2v) is 11.7. The van der Waals surface area contributed by atoms with E-state index >= 15 is 0 Å². The number of pyridine rings is 1. The number of hydrogen-bond donors (Lipinski definition) is 0. The van der Waals surface area contributed by atoms with Crippen LogP contribution in [0.5, 0.6) is 0 Å². The fraction of sp³-hybridized carbons (Fsp3) is 0.407. The first-order chi connectivity index (χ1) is 17.0. The maximum atomic E-state index is 13.4. The van der Waals surface area contributed by atoms with Gasteiger partial charge >= 0.3 is 0 Å². The Bertz CT molecular complexity index is 1380. The van der Waals surface area contributed by atoms with E-state index in [-0.39, 0.29) is 11.8 Å². The molecule has 0 saturated carbocycles. The molecule has 182 valence electrons. The van der Waals surface area contributed by atoms with Crippen LogP contribution < -0.4 is 9.80 Å². The van der Waals surface area contributed by atoms with Crippen LogP contribution in [0.2, 0.25) is 0 Å². The second kappa shape index (κ2) is 8.91. The monoisotopic (exact) mass is 490 g/mol. The van der Waals surface area contributed by atoms with Crippen LogP contribution in [0.25, 0.3) is 10.9 Å². The minimum absolute atomic E-state index is 0.0552. The van der Waals surface area contributed by atoms with Crippen LogP contribution in [0.1, 0.15) is 31.2 Å². The van der Waals surface area contributed by atoms with E-state index in [1.165, 1.54) is 5.56 Å². The summed E-state index contributed by atoms with van der Waals surface area (Å²) < 4.78 is 27.4. The fourth-order valence-corrected chi connectivity index (χ4v) is 7.23. The summed E-state index contributed by atoms with van der Waals surface area (Å²) in [6.45, 7) is 3.45. The lowest BCUT2D eigenvalue weighted by Crippen LogP contribution is -2.44. The van der Waals surface area contributed by atoms with E-state index in [9.17, 15) is 13.2 Å². The Balaban J connectivity index is 1.21. The Hall–Kier alpha value is -2.97. The molecule has 1 aromatic heterocycles. The van der Waals surface area contributed by atoms with Crippen LogP contribution in [0.15, 0.2) is 59.5 Å². The highest BCUT2D eigenvalue weighted by atomic mass is 32.2. The molecule has 6 rings (SSSR count). The van der Waals surface area contributed by atoms with E-state index in [0.717, 1.165) is 67.6 Å². The first-order valence-corrected chi connectivity index (χ1v) is 14.0. The average Bonchev–Trinajstić information content (AvgIpc) is 3.59. The SMILES string of the molecule is O=C([C@@H]1CCCN(c2ccc3cc(S(=O)(=O)N4CCCC4)ccc3n2)C1)N1CCc2ccccc21. The number of anilines is 2. The summed E-state index contributed by atoms with van der Waals surface area (Å²) >= 11 is 0. The van der Waals surface area contributed by atoms with Crippen molar-refractivity contribution in [3.05, 3.63) is 60.2 Å². The van der Waals surface area contributed by atoms with Gasteiger partial charge in [-0.3, -0.25) is 4.79 Å². The molecule has 8 heteroatoms. The highest BCUT2D eigenvalue weighted by molar-refractivity contribution is 7.89. The van der Waals surface area contributed by atoms with Gasteiger partial charge in [0.05, 0.1) is 16.3 Å². The van der Waals surface area contributed by atoms with E-state index in [2.05, 4.69) is 11.0 Å². The first kappa shape index (κ1) is 22.5. The van der Waals surface area contributed by atoms with E-state index in [4.69, 9.17) is 4.98 Å². The lowest BCUT2D eigenvalue weighted by Gasteiger charge is -2.35. The smallest absolute Gasteiger partial charge is 0.243 e. The number of aromatic nitrogens is 1. The zero-order valence-corrected chi connectivity index (χ0v) is 20.6. The normalized spacial score (nSPS) is 21.0. The lowest BCUT2D eigenvalue weighted by molar-refractivity contribution is -0.122. The van der Waals surface area contributed by atoms with Crippen LogP contribution in [-0.2, 0) is 21.2 Å².